The lowest BCUT2D eigenvalue weighted by Gasteiger charge is -2.32. The van der Waals surface area contributed by atoms with Gasteiger partial charge in [-0.1, -0.05) is 23.8 Å². The first-order valence-electron chi connectivity index (χ1n) is 7.82. The summed E-state index contributed by atoms with van der Waals surface area (Å²) in [6.45, 7) is 6.45. The molecule has 2 aromatic rings. The van der Waals surface area contributed by atoms with Crippen molar-refractivity contribution >= 4 is 5.69 Å². The Morgan fingerprint density at radius 3 is 2.73 bits per heavy atom. The summed E-state index contributed by atoms with van der Waals surface area (Å²) in [6, 6.07) is 8.61. The van der Waals surface area contributed by atoms with Gasteiger partial charge >= 0.3 is 0 Å². The van der Waals surface area contributed by atoms with Crippen LogP contribution >= 0.6 is 0 Å². The van der Waals surface area contributed by atoms with Crippen molar-refractivity contribution in [2.24, 2.45) is 0 Å². The van der Waals surface area contributed by atoms with Crippen molar-refractivity contribution in [3.63, 3.8) is 0 Å². The summed E-state index contributed by atoms with van der Waals surface area (Å²) in [7, 11) is 4.27. The number of nitrogens with zero attached hydrogens (tertiary/aromatic N) is 3. The molecule has 1 aliphatic rings. The van der Waals surface area contributed by atoms with Crippen molar-refractivity contribution in [1.29, 1.82) is 0 Å². The maximum Gasteiger partial charge on any atom is 0.0704 e. The first-order valence-corrected chi connectivity index (χ1v) is 7.82. The van der Waals surface area contributed by atoms with Gasteiger partial charge in [-0.05, 0) is 32.5 Å². The standard InChI is InChI=1S/C18H25N3O/c1-13-6-5-7-15(8-13)18-16-10-19(3)12-20(4)17(16)11-21(18)9-14(2)22/h5-8,11,14,22H,9-10,12H2,1-4H3/t14-/m0/s1. The highest BCUT2D eigenvalue weighted by Crippen LogP contribution is 2.37. The zero-order valence-corrected chi connectivity index (χ0v) is 13.9. The van der Waals surface area contributed by atoms with Crippen LogP contribution < -0.4 is 4.90 Å². The molecule has 1 aromatic carbocycles. The third kappa shape index (κ3) is 2.76. The minimum Gasteiger partial charge on any atom is -0.392 e. The highest BCUT2D eigenvalue weighted by molar-refractivity contribution is 5.74. The van der Waals surface area contributed by atoms with Crippen LogP contribution in [0.25, 0.3) is 11.3 Å². The number of aromatic nitrogens is 1. The fraction of sp³-hybridized carbons (Fsp3) is 0.444. The molecule has 22 heavy (non-hydrogen) atoms. The Labute approximate surface area is 132 Å². The van der Waals surface area contributed by atoms with Crippen LogP contribution in [0.4, 0.5) is 5.69 Å². The Morgan fingerprint density at radius 1 is 1.27 bits per heavy atom. The van der Waals surface area contributed by atoms with Gasteiger partial charge in [-0.25, -0.2) is 0 Å². The van der Waals surface area contributed by atoms with Gasteiger partial charge in [0.1, 0.15) is 0 Å². The molecule has 3 rings (SSSR count). The molecule has 0 amide bonds. The van der Waals surface area contributed by atoms with Gasteiger partial charge < -0.3 is 14.6 Å². The molecular formula is C18H25N3O. The molecule has 0 saturated heterocycles. The number of aliphatic hydroxyl groups is 1. The maximum atomic E-state index is 9.87. The first-order chi connectivity index (χ1) is 10.5. The average molecular weight is 299 g/mol. The topological polar surface area (TPSA) is 31.6 Å². The number of fused-ring (bicyclic) bond motifs is 1. The van der Waals surface area contributed by atoms with Gasteiger partial charge in [0.25, 0.3) is 0 Å². The molecule has 0 saturated carbocycles. The molecule has 0 spiro atoms. The van der Waals surface area contributed by atoms with Crippen LogP contribution in [0.15, 0.2) is 30.5 Å². The first kappa shape index (κ1) is 15.1. The van der Waals surface area contributed by atoms with Gasteiger partial charge in [0.15, 0.2) is 0 Å². The molecule has 0 fully saturated rings. The predicted octanol–water partition coefficient (Wildman–Crippen LogP) is 2.68. The smallest absolute Gasteiger partial charge is 0.0704 e. The predicted molar refractivity (Wildman–Crippen MR) is 91.0 cm³/mol. The Kier molecular flexibility index (Phi) is 3.98. The van der Waals surface area contributed by atoms with E-state index in [9.17, 15) is 5.11 Å². The molecule has 1 aromatic heterocycles. The van der Waals surface area contributed by atoms with Crippen LogP contribution in [0, 0.1) is 6.92 Å². The highest BCUT2D eigenvalue weighted by Gasteiger charge is 2.25. The van der Waals surface area contributed by atoms with Crippen LogP contribution in [-0.2, 0) is 13.1 Å². The molecular weight excluding hydrogens is 274 g/mol. The van der Waals surface area contributed by atoms with Crippen molar-refractivity contribution in [3.05, 3.63) is 41.6 Å². The van der Waals surface area contributed by atoms with Gasteiger partial charge in [-0.3, -0.25) is 4.90 Å². The summed E-state index contributed by atoms with van der Waals surface area (Å²) >= 11 is 0. The van der Waals surface area contributed by atoms with E-state index in [1.807, 2.05) is 6.92 Å². The van der Waals surface area contributed by atoms with Crippen molar-refractivity contribution in [2.45, 2.75) is 33.0 Å². The van der Waals surface area contributed by atoms with Crippen molar-refractivity contribution in [1.82, 2.24) is 9.47 Å². The lowest BCUT2D eigenvalue weighted by molar-refractivity contribution is 0.174. The molecule has 4 heteroatoms. The number of rotatable bonds is 3. The Morgan fingerprint density at radius 2 is 2.05 bits per heavy atom. The van der Waals surface area contributed by atoms with E-state index in [1.54, 1.807) is 0 Å². The quantitative estimate of drug-likeness (QED) is 0.945. The van der Waals surface area contributed by atoms with E-state index < -0.39 is 0 Å². The molecule has 118 valence electrons. The summed E-state index contributed by atoms with van der Waals surface area (Å²) < 4.78 is 2.21. The number of hydrogen-bond acceptors (Lipinski definition) is 3. The Balaban J connectivity index is 2.17. The summed E-state index contributed by atoms with van der Waals surface area (Å²) in [4.78, 5) is 4.59. The molecule has 0 aliphatic carbocycles. The third-order valence-corrected chi connectivity index (χ3v) is 4.21. The van der Waals surface area contributed by atoms with Crippen molar-refractivity contribution < 1.29 is 5.11 Å². The molecule has 1 atom stereocenters. The van der Waals surface area contributed by atoms with Gasteiger partial charge in [0.2, 0.25) is 0 Å². The SMILES string of the molecule is Cc1cccc(-c2c3c(cn2C[C@H](C)O)N(C)CN(C)C3)c1. The van der Waals surface area contributed by atoms with Crippen LogP contribution in [0.2, 0.25) is 0 Å². The molecule has 4 nitrogen and oxygen atoms in total. The number of anilines is 1. The van der Waals surface area contributed by atoms with E-state index in [0.717, 1.165) is 13.2 Å². The monoisotopic (exact) mass is 299 g/mol. The summed E-state index contributed by atoms with van der Waals surface area (Å²) in [5.41, 5.74) is 6.34. The molecule has 0 unspecified atom stereocenters. The number of benzene rings is 1. The van der Waals surface area contributed by atoms with E-state index in [1.165, 1.54) is 28.1 Å². The van der Waals surface area contributed by atoms with Crippen LogP contribution in [0.5, 0.6) is 0 Å². The minimum atomic E-state index is -0.361. The van der Waals surface area contributed by atoms with E-state index >= 15 is 0 Å². The van der Waals surface area contributed by atoms with Crippen LogP contribution in [0.3, 0.4) is 0 Å². The largest absolute Gasteiger partial charge is 0.392 e. The second-order valence-corrected chi connectivity index (χ2v) is 6.57. The van der Waals surface area contributed by atoms with Gasteiger partial charge in [0, 0.05) is 31.9 Å². The van der Waals surface area contributed by atoms with E-state index in [0.29, 0.717) is 6.54 Å². The number of aryl methyl sites for hydroxylation is 1. The highest BCUT2D eigenvalue weighted by atomic mass is 16.3. The molecule has 0 bridgehead atoms. The van der Waals surface area contributed by atoms with Gasteiger partial charge in [-0.15, -0.1) is 0 Å². The van der Waals surface area contributed by atoms with Crippen molar-refractivity contribution in [2.75, 3.05) is 25.7 Å². The lowest BCUT2D eigenvalue weighted by atomic mass is 10.0. The minimum absolute atomic E-state index is 0.361. The van der Waals surface area contributed by atoms with Gasteiger partial charge in [-0.2, -0.15) is 0 Å². The molecule has 0 radical (unpaired) electrons. The van der Waals surface area contributed by atoms with Crippen LogP contribution in [0.1, 0.15) is 18.1 Å². The second kappa shape index (κ2) is 5.78. The maximum absolute atomic E-state index is 9.87. The van der Waals surface area contributed by atoms with E-state index in [4.69, 9.17) is 0 Å². The fourth-order valence-corrected chi connectivity index (χ4v) is 3.39. The Bertz CT molecular complexity index is 675. The Hall–Kier alpha value is -1.78. The summed E-state index contributed by atoms with van der Waals surface area (Å²) in [6.07, 6.45) is 1.83. The summed E-state index contributed by atoms with van der Waals surface area (Å²) in [5.74, 6) is 0. The molecule has 1 aliphatic heterocycles. The average Bonchev–Trinajstić information content (AvgIpc) is 2.76. The lowest BCUT2D eigenvalue weighted by Crippen LogP contribution is -2.37. The molecule has 2 heterocycles. The van der Waals surface area contributed by atoms with E-state index in [-0.39, 0.29) is 6.10 Å². The number of hydrogen-bond donors (Lipinski definition) is 1. The van der Waals surface area contributed by atoms with Crippen molar-refractivity contribution in [3.8, 4) is 11.3 Å². The number of aliphatic hydroxyl groups excluding tert-OH is 1. The van der Waals surface area contributed by atoms with Gasteiger partial charge in [0.05, 0.1) is 24.2 Å². The summed E-state index contributed by atoms with van der Waals surface area (Å²) in [5, 5.41) is 9.87. The van der Waals surface area contributed by atoms with E-state index in [2.05, 4.69) is 65.8 Å². The zero-order chi connectivity index (χ0) is 15.9. The molecule has 1 N–H and O–H groups in total. The second-order valence-electron chi connectivity index (χ2n) is 6.57. The fourth-order valence-electron chi connectivity index (χ4n) is 3.39. The zero-order valence-electron chi connectivity index (χ0n) is 13.9. The normalized spacial score (nSPS) is 16.7. The van der Waals surface area contributed by atoms with Crippen LogP contribution in [-0.4, -0.2) is 41.4 Å². The third-order valence-electron chi connectivity index (χ3n) is 4.21.